The minimum Gasteiger partial charge on any atom is -0.420 e. The highest BCUT2D eigenvalue weighted by molar-refractivity contribution is 6.47. The molecule has 2 aromatic carbocycles. The third-order valence-electron chi connectivity index (χ3n) is 3.12. The summed E-state index contributed by atoms with van der Waals surface area (Å²) < 4.78 is 5.68. The van der Waals surface area contributed by atoms with Gasteiger partial charge in [0, 0.05) is 0 Å². The maximum atomic E-state index is 5.68. The third kappa shape index (κ3) is 3.95. The van der Waals surface area contributed by atoms with Crippen LogP contribution in [-0.2, 0) is 4.65 Å². The Morgan fingerprint density at radius 2 is 1.63 bits per heavy atom. The first-order chi connectivity index (χ1) is 9.16. The molecule has 0 aliphatic heterocycles. The number of hydrogen-bond acceptors (Lipinski definition) is 2. The molecule has 0 bridgehead atoms. The Balaban J connectivity index is 2.08. The van der Waals surface area contributed by atoms with Crippen LogP contribution in [0.4, 0.5) is 0 Å². The van der Waals surface area contributed by atoms with Crippen molar-refractivity contribution in [2.24, 2.45) is 0 Å². The molecule has 0 amide bonds. The monoisotopic (exact) mass is 252 g/mol. The summed E-state index contributed by atoms with van der Waals surface area (Å²) in [4.78, 5) is 2.03. The fraction of sp³-hybridized carbons (Fsp3) is 0.250. The van der Waals surface area contributed by atoms with E-state index < -0.39 is 0 Å². The van der Waals surface area contributed by atoms with E-state index in [2.05, 4.69) is 48.5 Å². The Morgan fingerprint density at radius 3 is 2.32 bits per heavy atom. The zero-order chi connectivity index (χ0) is 13.7. The molecule has 0 saturated carbocycles. The standard InChI is InChI=1S/C16H19BNO/c1-13(18(2)3)19-17-16-11-7-10-15(12-16)14-8-5-4-6-9-14/h4-13H,1-3H3. The summed E-state index contributed by atoms with van der Waals surface area (Å²) in [6, 6.07) is 18.7. The summed E-state index contributed by atoms with van der Waals surface area (Å²) in [5, 5.41) is 0. The summed E-state index contributed by atoms with van der Waals surface area (Å²) in [7, 11) is 5.81. The molecule has 3 heteroatoms. The molecule has 1 unspecified atom stereocenters. The molecular weight excluding hydrogens is 233 g/mol. The molecule has 0 aliphatic rings. The van der Waals surface area contributed by atoms with E-state index in [9.17, 15) is 0 Å². The maximum absolute atomic E-state index is 5.68. The predicted molar refractivity (Wildman–Crippen MR) is 81.5 cm³/mol. The van der Waals surface area contributed by atoms with Crippen molar-refractivity contribution in [3.05, 3.63) is 54.6 Å². The van der Waals surface area contributed by atoms with Gasteiger partial charge in [-0.3, -0.25) is 4.90 Å². The van der Waals surface area contributed by atoms with Gasteiger partial charge in [0.25, 0.3) is 0 Å². The van der Waals surface area contributed by atoms with Crippen LogP contribution < -0.4 is 5.46 Å². The first-order valence-corrected chi connectivity index (χ1v) is 6.47. The topological polar surface area (TPSA) is 12.5 Å². The smallest absolute Gasteiger partial charge is 0.332 e. The quantitative estimate of drug-likeness (QED) is 0.599. The lowest BCUT2D eigenvalue weighted by atomic mass is 9.86. The summed E-state index contributed by atoms with van der Waals surface area (Å²) in [6.45, 7) is 2.03. The Morgan fingerprint density at radius 1 is 0.947 bits per heavy atom. The molecule has 0 aliphatic carbocycles. The minimum absolute atomic E-state index is 0.0698. The molecule has 0 N–H and O–H groups in total. The van der Waals surface area contributed by atoms with Gasteiger partial charge in [-0.2, -0.15) is 0 Å². The maximum Gasteiger partial charge on any atom is 0.332 e. The molecule has 0 heterocycles. The second kappa shape index (κ2) is 6.55. The van der Waals surface area contributed by atoms with E-state index in [4.69, 9.17) is 4.65 Å². The summed E-state index contributed by atoms with van der Waals surface area (Å²) >= 11 is 0. The van der Waals surface area contributed by atoms with E-state index in [0.29, 0.717) is 0 Å². The molecule has 0 fully saturated rings. The Labute approximate surface area is 116 Å². The van der Waals surface area contributed by atoms with Gasteiger partial charge >= 0.3 is 7.48 Å². The Bertz CT molecular complexity index is 513. The van der Waals surface area contributed by atoms with E-state index in [-0.39, 0.29) is 6.23 Å². The summed E-state index contributed by atoms with van der Waals surface area (Å²) in [5.41, 5.74) is 3.50. The molecule has 0 aromatic heterocycles. The zero-order valence-electron chi connectivity index (χ0n) is 11.7. The SMILES string of the molecule is CC(O[B]c1cccc(-c2ccccc2)c1)N(C)C. The van der Waals surface area contributed by atoms with E-state index in [1.54, 1.807) is 0 Å². The molecule has 19 heavy (non-hydrogen) atoms. The van der Waals surface area contributed by atoms with Crippen LogP contribution in [0.1, 0.15) is 6.92 Å². The fourth-order valence-electron chi connectivity index (χ4n) is 1.72. The van der Waals surface area contributed by atoms with Crippen LogP contribution in [0, 0.1) is 0 Å². The van der Waals surface area contributed by atoms with Crippen LogP contribution in [0.25, 0.3) is 11.1 Å². The molecule has 2 rings (SSSR count). The van der Waals surface area contributed by atoms with Gasteiger partial charge in [0.05, 0.1) is 6.23 Å². The van der Waals surface area contributed by atoms with Crippen molar-refractivity contribution in [3.63, 3.8) is 0 Å². The first-order valence-electron chi connectivity index (χ1n) is 6.47. The minimum atomic E-state index is 0.0698. The third-order valence-corrected chi connectivity index (χ3v) is 3.12. The summed E-state index contributed by atoms with van der Waals surface area (Å²) in [6.07, 6.45) is 0.0698. The van der Waals surface area contributed by atoms with E-state index >= 15 is 0 Å². The van der Waals surface area contributed by atoms with Crippen molar-refractivity contribution in [2.75, 3.05) is 14.1 Å². The van der Waals surface area contributed by atoms with Crippen molar-refractivity contribution >= 4 is 12.9 Å². The molecule has 97 valence electrons. The van der Waals surface area contributed by atoms with E-state index in [1.807, 2.05) is 39.5 Å². The van der Waals surface area contributed by atoms with E-state index in [0.717, 1.165) is 5.46 Å². The van der Waals surface area contributed by atoms with Crippen molar-refractivity contribution in [1.29, 1.82) is 0 Å². The second-order valence-electron chi connectivity index (χ2n) is 4.81. The second-order valence-corrected chi connectivity index (χ2v) is 4.81. The van der Waals surface area contributed by atoms with Crippen molar-refractivity contribution in [2.45, 2.75) is 13.2 Å². The predicted octanol–water partition coefficient (Wildman–Crippen LogP) is 2.52. The highest BCUT2D eigenvalue weighted by Crippen LogP contribution is 2.16. The Hall–Kier alpha value is -1.58. The number of hydrogen-bond donors (Lipinski definition) is 0. The van der Waals surface area contributed by atoms with Gasteiger partial charge < -0.3 is 4.65 Å². The molecule has 2 aromatic rings. The molecular formula is C16H19BNO. The lowest BCUT2D eigenvalue weighted by Gasteiger charge is -2.20. The largest absolute Gasteiger partial charge is 0.420 e. The normalized spacial score (nSPS) is 12.4. The van der Waals surface area contributed by atoms with Crippen LogP contribution in [0.3, 0.4) is 0 Å². The highest BCUT2D eigenvalue weighted by atomic mass is 16.5. The number of rotatable bonds is 5. The first kappa shape index (κ1) is 13.8. The molecule has 2 nitrogen and oxygen atoms in total. The molecule has 0 spiro atoms. The van der Waals surface area contributed by atoms with Gasteiger partial charge in [-0.05, 0) is 32.1 Å². The van der Waals surface area contributed by atoms with Crippen LogP contribution in [0.15, 0.2) is 54.6 Å². The van der Waals surface area contributed by atoms with Crippen LogP contribution in [0.5, 0.6) is 0 Å². The van der Waals surface area contributed by atoms with Crippen molar-refractivity contribution < 1.29 is 4.65 Å². The summed E-state index contributed by atoms with van der Waals surface area (Å²) in [5.74, 6) is 0. The average Bonchev–Trinajstić information content (AvgIpc) is 2.46. The van der Waals surface area contributed by atoms with Gasteiger partial charge in [0.15, 0.2) is 0 Å². The van der Waals surface area contributed by atoms with Crippen LogP contribution >= 0.6 is 0 Å². The molecule has 1 atom stereocenters. The van der Waals surface area contributed by atoms with Crippen molar-refractivity contribution in [3.8, 4) is 11.1 Å². The lowest BCUT2D eigenvalue weighted by Crippen LogP contribution is -2.32. The van der Waals surface area contributed by atoms with Gasteiger partial charge in [-0.15, -0.1) is 0 Å². The molecule has 0 saturated heterocycles. The lowest BCUT2D eigenvalue weighted by molar-refractivity contribution is 0.0881. The zero-order valence-corrected chi connectivity index (χ0v) is 11.7. The van der Waals surface area contributed by atoms with Gasteiger partial charge in [0.1, 0.15) is 0 Å². The highest BCUT2D eigenvalue weighted by Gasteiger charge is 2.07. The number of nitrogens with zero attached hydrogens (tertiary/aromatic N) is 1. The van der Waals surface area contributed by atoms with Crippen LogP contribution in [0.2, 0.25) is 0 Å². The van der Waals surface area contributed by atoms with Gasteiger partial charge in [-0.25, -0.2) is 0 Å². The fourth-order valence-corrected chi connectivity index (χ4v) is 1.72. The average molecular weight is 252 g/mol. The van der Waals surface area contributed by atoms with Gasteiger partial charge in [-0.1, -0.05) is 60.1 Å². The van der Waals surface area contributed by atoms with Crippen molar-refractivity contribution in [1.82, 2.24) is 4.90 Å². The van der Waals surface area contributed by atoms with E-state index in [1.165, 1.54) is 11.1 Å². The Kier molecular flexibility index (Phi) is 4.77. The van der Waals surface area contributed by atoms with Gasteiger partial charge in [0.2, 0.25) is 0 Å². The molecule has 1 radical (unpaired) electrons. The van der Waals surface area contributed by atoms with Crippen LogP contribution in [-0.4, -0.2) is 32.7 Å². The number of benzene rings is 2.